The number of methoxy groups -OCH3 is 2. The van der Waals surface area contributed by atoms with Crippen molar-refractivity contribution in [3.05, 3.63) is 44.5 Å². The Balaban J connectivity index is 2.43. The molecule has 0 aliphatic rings. The van der Waals surface area contributed by atoms with E-state index in [1.807, 2.05) is 0 Å². The van der Waals surface area contributed by atoms with Crippen molar-refractivity contribution >= 4 is 61.9 Å². The molecule has 1 aromatic heterocycles. The first-order chi connectivity index (χ1) is 17.0. The molecule has 0 unspecified atom stereocenters. The molecular weight excluding hydrogens is 500 g/mol. The molecule has 0 saturated heterocycles. The largest absolute Gasteiger partial charge is 0.469 e. The average molecular weight is 522 g/mol. The number of ether oxygens (including phenoxy) is 2. The van der Waals surface area contributed by atoms with Crippen molar-refractivity contribution in [3.8, 4) is 0 Å². The molecular formula is C20H22N6O9S. The van der Waals surface area contributed by atoms with Gasteiger partial charge in [0.2, 0.25) is 10.9 Å². The number of nitrogens with zero attached hydrogens (tertiary/aromatic N) is 5. The van der Waals surface area contributed by atoms with Crippen molar-refractivity contribution in [2.24, 2.45) is 10.2 Å². The van der Waals surface area contributed by atoms with Crippen LogP contribution in [0.4, 0.5) is 32.8 Å². The number of carbonyl (C=O) groups is 3. The Morgan fingerprint density at radius 3 is 2.11 bits per heavy atom. The van der Waals surface area contributed by atoms with E-state index in [2.05, 4.69) is 25.0 Å². The highest BCUT2D eigenvalue weighted by Crippen LogP contribution is 2.42. The highest BCUT2D eigenvalue weighted by atomic mass is 32.1. The SMILES string of the molecule is COC(=O)CCN(CCC(=O)OC)c1ccc(N=Nc2sc([N+](=O)[O-])cc2[N+](=O)[O-])c(NC(C)=O)c1. The third kappa shape index (κ3) is 7.79. The molecule has 0 aliphatic carbocycles. The van der Waals surface area contributed by atoms with Gasteiger partial charge in [-0.1, -0.05) is 0 Å². The first kappa shape index (κ1) is 27.8. The molecule has 1 amide bonds. The van der Waals surface area contributed by atoms with Gasteiger partial charge in [0, 0.05) is 25.7 Å². The molecule has 2 rings (SSSR count). The van der Waals surface area contributed by atoms with Crippen LogP contribution in [0.2, 0.25) is 0 Å². The summed E-state index contributed by atoms with van der Waals surface area (Å²) in [5.41, 5.74) is 0.229. The fourth-order valence-electron chi connectivity index (χ4n) is 2.88. The van der Waals surface area contributed by atoms with Gasteiger partial charge in [-0.3, -0.25) is 34.6 Å². The normalized spacial score (nSPS) is 10.6. The van der Waals surface area contributed by atoms with E-state index in [0.29, 0.717) is 17.0 Å². The van der Waals surface area contributed by atoms with Gasteiger partial charge in [-0.25, -0.2) is 0 Å². The zero-order valence-electron chi connectivity index (χ0n) is 19.5. The molecule has 1 heterocycles. The Hall–Kier alpha value is -4.47. The van der Waals surface area contributed by atoms with Crippen molar-refractivity contribution in [2.75, 3.05) is 37.5 Å². The standard InChI is InChI=1S/C20H22N6O9S/c1-12(27)21-15-10-13(24(8-6-18(28)34-2)9-7-19(29)35-3)4-5-14(15)22-23-20-16(25(30)31)11-17(36-20)26(32)33/h4-5,10-11H,6-9H2,1-3H3,(H,21,27). The van der Waals surface area contributed by atoms with Crippen LogP contribution in [0, 0.1) is 20.2 Å². The number of carbonyl (C=O) groups excluding carboxylic acids is 3. The van der Waals surface area contributed by atoms with E-state index < -0.39 is 38.4 Å². The molecule has 36 heavy (non-hydrogen) atoms. The lowest BCUT2D eigenvalue weighted by Gasteiger charge is -2.25. The number of anilines is 2. The van der Waals surface area contributed by atoms with Crippen molar-refractivity contribution in [1.82, 2.24) is 0 Å². The van der Waals surface area contributed by atoms with Gasteiger partial charge >= 0.3 is 22.6 Å². The molecule has 1 N–H and O–H groups in total. The Kier molecular flexibility index (Phi) is 9.91. The van der Waals surface area contributed by atoms with Gasteiger partial charge in [0.15, 0.2) is 0 Å². The van der Waals surface area contributed by atoms with Gasteiger partial charge in [0.25, 0.3) is 0 Å². The number of esters is 2. The summed E-state index contributed by atoms with van der Waals surface area (Å²) in [7, 11) is 2.50. The quantitative estimate of drug-likeness (QED) is 0.185. The third-order valence-electron chi connectivity index (χ3n) is 4.59. The molecule has 192 valence electrons. The first-order valence-electron chi connectivity index (χ1n) is 10.2. The van der Waals surface area contributed by atoms with E-state index in [1.54, 1.807) is 11.0 Å². The highest BCUT2D eigenvalue weighted by molar-refractivity contribution is 7.19. The van der Waals surface area contributed by atoms with Gasteiger partial charge in [-0.15, -0.1) is 10.2 Å². The van der Waals surface area contributed by atoms with E-state index in [0.717, 1.165) is 6.07 Å². The van der Waals surface area contributed by atoms with Crippen LogP contribution < -0.4 is 10.2 Å². The maximum absolute atomic E-state index is 11.8. The maximum atomic E-state index is 11.8. The van der Waals surface area contributed by atoms with Crippen molar-refractivity contribution < 1.29 is 33.7 Å². The van der Waals surface area contributed by atoms with Crippen molar-refractivity contribution in [2.45, 2.75) is 19.8 Å². The number of azo groups is 1. The number of thiophene rings is 1. The van der Waals surface area contributed by atoms with Crippen LogP contribution in [0.25, 0.3) is 0 Å². The van der Waals surface area contributed by atoms with Crippen molar-refractivity contribution in [3.63, 3.8) is 0 Å². The monoisotopic (exact) mass is 522 g/mol. The number of hydrogen-bond donors (Lipinski definition) is 1. The van der Waals surface area contributed by atoms with Crippen LogP contribution in [-0.2, 0) is 23.9 Å². The molecule has 0 atom stereocenters. The number of rotatable bonds is 12. The smallest absolute Gasteiger partial charge is 0.333 e. The first-order valence-corrected chi connectivity index (χ1v) is 11.0. The molecule has 1 aromatic carbocycles. The van der Waals surface area contributed by atoms with E-state index in [9.17, 15) is 34.6 Å². The molecule has 2 aromatic rings. The Morgan fingerprint density at radius 1 is 1.00 bits per heavy atom. The summed E-state index contributed by atoms with van der Waals surface area (Å²) in [6.45, 7) is 1.64. The summed E-state index contributed by atoms with van der Waals surface area (Å²) in [4.78, 5) is 57.4. The van der Waals surface area contributed by atoms with E-state index >= 15 is 0 Å². The molecule has 0 spiro atoms. The maximum Gasteiger partial charge on any atom is 0.333 e. The minimum Gasteiger partial charge on any atom is -0.469 e. The van der Waals surface area contributed by atoms with Gasteiger partial charge < -0.3 is 19.7 Å². The fraction of sp³-hybridized carbons (Fsp3) is 0.350. The lowest BCUT2D eigenvalue weighted by atomic mass is 10.2. The van der Waals surface area contributed by atoms with Crippen LogP contribution in [0.5, 0.6) is 0 Å². The summed E-state index contributed by atoms with van der Waals surface area (Å²) in [5, 5.41) is 31.8. The average Bonchev–Trinajstić information content (AvgIpc) is 3.27. The Labute approximate surface area is 208 Å². The zero-order valence-corrected chi connectivity index (χ0v) is 20.3. The molecule has 0 radical (unpaired) electrons. The van der Waals surface area contributed by atoms with Gasteiger partial charge in [-0.05, 0) is 29.5 Å². The Bertz CT molecular complexity index is 1180. The molecule has 0 aliphatic heterocycles. The van der Waals surface area contributed by atoms with Crippen LogP contribution >= 0.6 is 11.3 Å². The molecule has 0 bridgehead atoms. The van der Waals surface area contributed by atoms with Gasteiger partial charge in [0.05, 0.1) is 42.6 Å². The fourth-order valence-corrected chi connectivity index (χ4v) is 3.64. The van der Waals surface area contributed by atoms with Gasteiger partial charge in [0.1, 0.15) is 11.8 Å². The number of benzene rings is 1. The summed E-state index contributed by atoms with van der Waals surface area (Å²) >= 11 is 0.482. The lowest BCUT2D eigenvalue weighted by Crippen LogP contribution is -2.29. The Morgan fingerprint density at radius 2 is 1.61 bits per heavy atom. The minimum absolute atomic E-state index is 0.0232. The molecule has 0 saturated carbocycles. The molecule has 16 heteroatoms. The van der Waals surface area contributed by atoms with E-state index in [4.69, 9.17) is 0 Å². The molecule has 0 fully saturated rings. The number of amides is 1. The third-order valence-corrected chi connectivity index (χ3v) is 5.55. The predicted octanol–water partition coefficient (Wildman–Crippen LogP) is 3.87. The topological polar surface area (TPSA) is 196 Å². The second-order valence-corrected chi connectivity index (χ2v) is 8.02. The second kappa shape index (κ2) is 12.8. The summed E-state index contributed by atoms with van der Waals surface area (Å²) < 4.78 is 9.33. The predicted molar refractivity (Wildman–Crippen MR) is 128 cm³/mol. The molecule has 15 nitrogen and oxygen atoms in total. The van der Waals surface area contributed by atoms with E-state index in [-0.39, 0.29) is 42.3 Å². The lowest BCUT2D eigenvalue weighted by molar-refractivity contribution is -0.389. The zero-order chi connectivity index (χ0) is 26.8. The van der Waals surface area contributed by atoms with Crippen LogP contribution in [0.15, 0.2) is 34.5 Å². The number of nitrogens with one attached hydrogen (secondary N) is 1. The van der Waals surface area contributed by atoms with Crippen LogP contribution in [0.1, 0.15) is 19.8 Å². The van der Waals surface area contributed by atoms with Crippen LogP contribution in [-0.4, -0.2) is 55.0 Å². The minimum atomic E-state index is -0.809. The van der Waals surface area contributed by atoms with Crippen molar-refractivity contribution in [1.29, 1.82) is 0 Å². The summed E-state index contributed by atoms with van der Waals surface area (Å²) in [6, 6.07) is 5.35. The van der Waals surface area contributed by atoms with E-state index in [1.165, 1.54) is 33.3 Å². The second-order valence-electron chi connectivity index (χ2n) is 7.01. The van der Waals surface area contributed by atoms with Crippen LogP contribution in [0.3, 0.4) is 0 Å². The number of nitro groups is 2. The summed E-state index contributed by atoms with van der Waals surface area (Å²) in [5.74, 6) is -1.37. The number of hydrogen-bond acceptors (Lipinski definition) is 13. The van der Waals surface area contributed by atoms with Gasteiger partial charge in [-0.2, -0.15) is 0 Å². The summed E-state index contributed by atoms with van der Waals surface area (Å²) in [6.07, 6.45) is 0.0465. The highest BCUT2D eigenvalue weighted by Gasteiger charge is 2.25.